The number of ether oxygens (including phenoxy) is 1. The number of benzene rings is 1. The standard InChI is InChI=1S/C17H27ClN2O/c1-5-13-12-21-10-9-20(13)16-8-6-7-15(18)14(16)11-19-17(2,3)4/h6-8,13,19H,5,9-12H2,1-4H3. The summed E-state index contributed by atoms with van der Waals surface area (Å²) < 4.78 is 5.62. The first-order chi connectivity index (χ1) is 9.92. The normalized spacial score (nSPS) is 19.9. The fourth-order valence-corrected chi connectivity index (χ4v) is 2.89. The topological polar surface area (TPSA) is 24.5 Å². The maximum Gasteiger partial charge on any atom is 0.0670 e. The SMILES string of the molecule is CCC1COCCN1c1cccc(Cl)c1CNC(C)(C)C. The fourth-order valence-electron chi connectivity index (χ4n) is 2.66. The van der Waals surface area contributed by atoms with Crippen molar-refractivity contribution in [3.05, 3.63) is 28.8 Å². The van der Waals surface area contributed by atoms with Crippen LogP contribution in [0.5, 0.6) is 0 Å². The molecule has 4 heteroatoms. The van der Waals surface area contributed by atoms with E-state index in [1.54, 1.807) is 0 Å². The highest BCUT2D eigenvalue weighted by Gasteiger charge is 2.24. The van der Waals surface area contributed by atoms with Crippen molar-refractivity contribution < 1.29 is 4.74 Å². The molecule has 0 saturated carbocycles. The number of morpholine rings is 1. The molecule has 118 valence electrons. The predicted octanol–water partition coefficient (Wildman–Crippen LogP) is 3.84. The number of hydrogen-bond donors (Lipinski definition) is 1. The zero-order valence-electron chi connectivity index (χ0n) is 13.6. The Bertz CT molecular complexity index is 470. The molecule has 1 fully saturated rings. The first-order valence-corrected chi connectivity index (χ1v) is 8.17. The Morgan fingerprint density at radius 3 is 2.81 bits per heavy atom. The molecule has 3 nitrogen and oxygen atoms in total. The van der Waals surface area contributed by atoms with Gasteiger partial charge in [-0.3, -0.25) is 0 Å². The van der Waals surface area contributed by atoms with Crippen molar-refractivity contribution in [2.75, 3.05) is 24.7 Å². The molecule has 0 radical (unpaired) electrons. The summed E-state index contributed by atoms with van der Waals surface area (Å²) in [6.07, 6.45) is 1.08. The van der Waals surface area contributed by atoms with Gasteiger partial charge in [-0.25, -0.2) is 0 Å². The van der Waals surface area contributed by atoms with Crippen molar-refractivity contribution >= 4 is 17.3 Å². The van der Waals surface area contributed by atoms with Gasteiger partial charge in [0.1, 0.15) is 0 Å². The molecule has 0 spiro atoms. The van der Waals surface area contributed by atoms with E-state index in [1.165, 1.54) is 11.3 Å². The molecule has 0 aliphatic carbocycles. The van der Waals surface area contributed by atoms with Crippen molar-refractivity contribution in [2.45, 2.75) is 52.2 Å². The van der Waals surface area contributed by atoms with Gasteiger partial charge in [-0.15, -0.1) is 0 Å². The minimum atomic E-state index is 0.0750. The second-order valence-corrected chi connectivity index (χ2v) is 7.08. The molecule has 21 heavy (non-hydrogen) atoms. The van der Waals surface area contributed by atoms with Crippen molar-refractivity contribution in [3.63, 3.8) is 0 Å². The number of rotatable bonds is 4. The van der Waals surface area contributed by atoms with Crippen LogP contribution in [-0.2, 0) is 11.3 Å². The third-order valence-corrected chi connectivity index (χ3v) is 4.25. The molecule has 1 atom stereocenters. The summed E-state index contributed by atoms with van der Waals surface area (Å²) in [7, 11) is 0. The first-order valence-electron chi connectivity index (χ1n) is 7.79. The minimum Gasteiger partial charge on any atom is -0.377 e. The number of nitrogens with one attached hydrogen (secondary N) is 1. The monoisotopic (exact) mass is 310 g/mol. The summed E-state index contributed by atoms with van der Waals surface area (Å²) in [6, 6.07) is 6.64. The highest BCUT2D eigenvalue weighted by atomic mass is 35.5. The van der Waals surface area contributed by atoms with Gasteiger partial charge >= 0.3 is 0 Å². The number of hydrogen-bond acceptors (Lipinski definition) is 3. The Hall–Kier alpha value is -0.770. The summed E-state index contributed by atoms with van der Waals surface area (Å²) in [6.45, 7) is 12.0. The zero-order valence-corrected chi connectivity index (χ0v) is 14.3. The van der Waals surface area contributed by atoms with Crippen LogP contribution in [-0.4, -0.2) is 31.3 Å². The van der Waals surface area contributed by atoms with Gasteiger partial charge in [0, 0.05) is 34.9 Å². The average Bonchev–Trinajstić information content (AvgIpc) is 2.44. The van der Waals surface area contributed by atoms with E-state index in [-0.39, 0.29) is 5.54 Å². The molecule has 1 unspecified atom stereocenters. The van der Waals surface area contributed by atoms with Crippen molar-refractivity contribution in [3.8, 4) is 0 Å². The molecule has 1 aliphatic heterocycles. The third kappa shape index (κ3) is 4.35. The number of anilines is 1. The van der Waals surface area contributed by atoms with E-state index < -0.39 is 0 Å². The molecule has 1 N–H and O–H groups in total. The lowest BCUT2D eigenvalue weighted by atomic mass is 10.0. The van der Waals surface area contributed by atoms with Gasteiger partial charge in [0.15, 0.2) is 0 Å². The molecular formula is C17H27ClN2O. The van der Waals surface area contributed by atoms with Crippen LogP contribution in [0.2, 0.25) is 5.02 Å². The molecule has 0 bridgehead atoms. The predicted molar refractivity (Wildman–Crippen MR) is 90.3 cm³/mol. The van der Waals surface area contributed by atoms with Gasteiger partial charge < -0.3 is 15.0 Å². The Balaban J connectivity index is 2.27. The average molecular weight is 311 g/mol. The Morgan fingerprint density at radius 1 is 1.38 bits per heavy atom. The molecule has 1 aromatic rings. The molecule has 0 aromatic heterocycles. The second kappa shape index (κ2) is 6.99. The highest BCUT2D eigenvalue weighted by Crippen LogP contribution is 2.31. The van der Waals surface area contributed by atoms with Gasteiger partial charge in [-0.1, -0.05) is 24.6 Å². The Kier molecular flexibility index (Phi) is 5.53. The molecule has 0 amide bonds. The largest absolute Gasteiger partial charge is 0.377 e. The number of halogens is 1. The summed E-state index contributed by atoms with van der Waals surface area (Å²) >= 11 is 6.47. The summed E-state index contributed by atoms with van der Waals surface area (Å²) in [4.78, 5) is 2.45. The zero-order chi connectivity index (χ0) is 15.5. The summed E-state index contributed by atoms with van der Waals surface area (Å²) in [5, 5.41) is 4.39. The van der Waals surface area contributed by atoms with Crippen LogP contribution in [0.4, 0.5) is 5.69 Å². The highest BCUT2D eigenvalue weighted by molar-refractivity contribution is 6.31. The summed E-state index contributed by atoms with van der Waals surface area (Å²) in [5.74, 6) is 0. The lowest BCUT2D eigenvalue weighted by molar-refractivity contribution is 0.0929. The van der Waals surface area contributed by atoms with Gasteiger partial charge in [-0.2, -0.15) is 0 Å². The first kappa shape index (κ1) is 16.6. The smallest absolute Gasteiger partial charge is 0.0670 e. The lowest BCUT2D eigenvalue weighted by Gasteiger charge is -2.38. The van der Waals surface area contributed by atoms with E-state index in [9.17, 15) is 0 Å². The van der Waals surface area contributed by atoms with E-state index in [0.29, 0.717) is 6.04 Å². The summed E-state index contributed by atoms with van der Waals surface area (Å²) in [5.41, 5.74) is 2.51. The molecule has 1 saturated heterocycles. The maximum absolute atomic E-state index is 6.47. The maximum atomic E-state index is 6.47. The van der Waals surface area contributed by atoms with Crippen LogP contribution in [0.1, 0.15) is 39.7 Å². The molecular weight excluding hydrogens is 284 g/mol. The van der Waals surface area contributed by atoms with E-state index in [2.05, 4.69) is 44.0 Å². The molecule has 2 rings (SSSR count). The quantitative estimate of drug-likeness (QED) is 0.914. The lowest BCUT2D eigenvalue weighted by Crippen LogP contribution is -2.46. The van der Waals surface area contributed by atoms with Crippen LogP contribution >= 0.6 is 11.6 Å². The van der Waals surface area contributed by atoms with Crippen LogP contribution in [0.25, 0.3) is 0 Å². The van der Waals surface area contributed by atoms with Crippen LogP contribution in [0, 0.1) is 0 Å². The minimum absolute atomic E-state index is 0.0750. The fraction of sp³-hybridized carbons (Fsp3) is 0.647. The van der Waals surface area contributed by atoms with Crippen molar-refractivity contribution in [1.82, 2.24) is 5.32 Å². The van der Waals surface area contributed by atoms with E-state index in [4.69, 9.17) is 16.3 Å². The number of nitrogens with zero attached hydrogens (tertiary/aromatic N) is 1. The molecule has 1 aromatic carbocycles. The van der Waals surface area contributed by atoms with Crippen LogP contribution < -0.4 is 10.2 Å². The van der Waals surface area contributed by atoms with E-state index >= 15 is 0 Å². The van der Waals surface area contributed by atoms with Gasteiger partial charge in [-0.05, 0) is 39.3 Å². The Labute approximate surface area is 133 Å². The molecule has 1 heterocycles. The molecule has 1 aliphatic rings. The van der Waals surface area contributed by atoms with Crippen molar-refractivity contribution in [1.29, 1.82) is 0 Å². The van der Waals surface area contributed by atoms with Gasteiger partial charge in [0.05, 0.1) is 19.3 Å². The van der Waals surface area contributed by atoms with Crippen LogP contribution in [0.15, 0.2) is 18.2 Å². The van der Waals surface area contributed by atoms with E-state index in [0.717, 1.165) is 37.7 Å². The van der Waals surface area contributed by atoms with Crippen LogP contribution in [0.3, 0.4) is 0 Å². The van der Waals surface area contributed by atoms with Gasteiger partial charge in [0.2, 0.25) is 0 Å². The third-order valence-electron chi connectivity index (χ3n) is 3.90. The second-order valence-electron chi connectivity index (χ2n) is 6.67. The Morgan fingerprint density at radius 2 is 2.14 bits per heavy atom. The van der Waals surface area contributed by atoms with Crippen molar-refractivity contribution in [2.24, 2.45) is 0 Å². The van der Waals surface area contributed by atoms with Gasteiger partial charge in [0.25, 0.3) is 0 Å². The van der Waals surface area contributed by atoms with E-state index in [1.807, 2.05) is 12.1 Å².